The third-order valence-electron chi connectivity index (χ3n) is 5.59. The van der Waals surface area contributed by atoms with Crippen LogP contribution in [0.15, 0.2) is 0 Å². The summed E-state index contributed by atoms with van der Waals surface area (Å²) in [7, 11) is 0. The highest BCUT2D eigenvalue weighted by Crippen LogP contribution is 2.47. The number of hydrogen-bond acceptors (Lipinski definition) is 2. The van der Waals surface area contributed by atoms with Crippen molar-refractivity contribution in [2.45, 2.75) is 57.8 Å². The third-order valence-corrected chi connectivity index (χ3v) is 5.59. The third kappa shape index (κ3) is 2.26. The van der Waals surface area contributed by atoms with Gasteiger partial charge in [-0.3, -0.25) is 0 Å². The van der Waals surface area contributed by atoms with E-state index >= 15 is 0 Å². The standard InChI is InChI=1S/C15H27NO/c17-13-15(8-2-1-3-9-15)12-16-10-14(11-16)6-4-5-7-14/h17H,1-13H2. The van der Waals surface area contributed by atoms with Crippen molar-refractivity contribution in [3.8, 4) is 0 Å². The molecule has 0 aromatic heterocycles. The molecule has 1 spiro atoms. The number of likely N-dealkylation sites (tertiary alicyclic amines) is 1. The van der Waals surface area contributed by atoms with E-state index in [1.807, 2.05) is 0 Å². The maximum Gasteiger partial charge on any atom is 0.0499 e. The first-order valence-electron chi connectivity index (χ1n) is 7.59. The van der Waals surface area contributed by atoms with Crippen LogP contribution in [0.3, 0.4) is 0 Å². The first-order valence-corrected chi connectivity index (χ1v) is 7.59. The lowest BCUT2D eigenvalue weighted by atomic mass is 9.71. The zero-order chi connectivity index (χ0) is 11.8. The maximum atomic E-state index is 9.74. The fraction of sp³-hybridized carbons (Fsp3) is 1.00. The van der Waals surface area contributed by atoms with Crippen LogP contribution in [0.5, 0.6) is 0 Å². The van der Waals surface area contributed by atoms with Gasteiger partial charge in [-0.15, -0.1) is 0 Å². The minimum absolute atomic E-state index is 0.262. The van der Waals surface area contributed by atoms with Crippen LogP contribution >= 0.6 is 0 Å². The molecule has 0 amide bonds. The predicted molar refractivity (Wildman–Crippen MR) is 69.9 cm³/mol. The zero-order valence-electron chi connectivity index (χ0n) is 11.1. The van der Waals surface area contributed by atoms with Crippen molar-refractivity contribution in [2.75, 3.05) is 26.2 Å². The van der Waals surface area contributed by atoms with Crippen molar-refractivity contribution in [1.29, 1.82) is 0 Å². The van der Waals surface area contributed by atoms with Crippen LogP contribution in [0.4, 0.5) is 0 Å². The van der Waals surface area contributed by atoms with Crippen molar-refractivity contribution in [3.63, 3.8) is 0 Å². The van der Waals surface area contributed by atoms with Crippen LogP contribution < -0.4 is 0 Å². The molecular formula is C15H27NO. The molecule has 3 rings (SSSR count). The Kier molecular flexibility index (Phi) is 3.20. The van der Waals surface area contributed by atoms with E-state index < -0.39 is 0 Å². The van der Waals surface area contributed by atoms with E-state index in [4.69, 9.17) is 0 Å². The van der Waals surface area contributed by atoms with Crippen molar-refractivity contribution in [2.24, 2.45) is 10.8 Å². The fourth-order valence-corrected chi connectivity index (χ4v) is 4.60. The van der Waals surface area contributed by atoms with Gasteiger partial charge in [0, 0.05) is 31.7 Å². The van der Waals surface area contributed by atoms with Crippen molar-refractivity contribution < 1.29 is 5.11 Å². The van der Waals surface area contributed by atoms with E-state index in [1.54, 1.807) is 0 Å². The quantitative estimate of drug-likeness (QED) is 0.816. The number of aliphatic hydroxyl groups is 1. The Morgan fingerprint density at radius 3 is 2.00 bits per heavy atom. The highest BCUT2D eigenvalue weighted by molar-refractivity contribution is 5.00. The maximum absolute atomic E-state index is 9.74. The highest BCUT2D eigenvalue weighted by Gasteiger charge is 2.46. The zero-order valence-corrected chi connectivity index (χ0v) is 11.1. The second kappa shape index (κ2) is 4.55. The van der Waals surface area contributed by atoms with Gasteiger partial charge in [-0.1, -0.05) is 32.1 Å². The molecule has 1 heterocycles. The largest absolute Gasteiger partial charge is 0.396 e. The van der Waals surface area contributed by atoms with Gasteiger partial charge in [-0.2, -0.15) is 0 Å². The summed E-state index contributed by atoms with van der Waals surface area (Å²) in [5, 5.41) is 9.74. The number of hydrogen-bond donors (Lipinski definition) is 1. The van der Waals surface area contributed by atoms with Crippen molar-refractivity contribution in [3.05, 3.63) is 0 Å². The molecule has 0 aromatic rings. The molecule has 2 nitrogen and oxygen atoms in total. The summed E-state index contributed by atoms with van der Waals surface area (Å²) in [6, 6.07) is 0. The average molecular weight is 237 g/mol. The molecule has 2 aliphatic carbocycles. The van der Waals surface area contributed by atoms with E-state index in [0.29, 0.717) is 12.0 Å². The Morgan fingerprint density at radius 1 is 0.824 bits per heavy atom. The monoisotopic (exact) mass is 237 g/mol. The Bertz CT molecular complexity index is 256. The summed E-state index contributed by atoms with van der Waals surface area (Å²) in [6.45, 7) is 4.24. The summed E-state index contributed by atoms with van der Waals surface area (Å²) in [4.78, 5) is 2.63. The Balaban J connectivity index is 1.53. The molecule has 1 N–H and O–H groups in total. The number of rotatable bonds is 3. The van der Waals surface area contributed by atoms with Crippen LogP contribution in [0.1, 0.15) is 57.8 Å². The van der Waals surface area contributed by atoms with Crippen molar-refractivity contribution >= 4 is 0 Å². The molecule has 3 fully saturated rings. The predicted octanol–water partition coefficient (Wildman–Crippen LogP) is 2.81. The first-order chi connectivity index (χ1) is 8.26. The number of aliphatic hydroxyl groups excluding tert-OH is 1. The topological polar surface area (TPSA) is 23.5 Å². The Labute approximate surface area is 105 Å². The summed E-state index contributed by atoms with van der Waals surface area (Å²) >= 11 is 0. The second-order valence-corrected chi connectivity index (χ2v) is 7.07. The Morgan fingerprint density at radius 2 is 1.41 bits per heavy atom. The average Bonchev–Trinajstić information content (AvgIpc) is 2.79. The fourth-order valence-electron chi connectivity index (χ4n) is 4.60. The molecule has 2 heteroatoms. The molecule has 0 atom stereocenters. The van der Waals surface area contributed by atoms with E-state index in [1.165, 1.54) is 77.4 Å². The molecule has 0 unspecified atom stereocenters. The van der Waals surface area contributed by atoms with Crippen LogP contribution in [-0.4, -0.2) is 36.2 Å². The molecule has 0 bridgehead atoms. The lowest BCUT2D eigenvalue weighted by Gasteiger charge is -2.52. The summed E-state index contributed by atoms with van der Waals surface area (Å²) in [5.41, 5.74) is 0.976. The van der Waals surface area contributed by atoms with Gasteiger partial charge in [0.05, 0.1) is 0 Å². The van der Waals surface area contributed by atoms with Gasteiger partial charge >= 0.3 is 0 Å². The lowest BCUT2D eigenvalue weighted by molar-refractivity contribution is -0.0486. The van der Waals surface area contributed by atoms with Crippen LogP contribution in [0.25, 0.3) is 0 Å². The van der Waals surface area contributed by atoms with Gasteiger partial charge in [-0.05, 0) is 31.1 Å². The van der Waals surface area contributed by atoms with E-state index in [0.717, 1.165) is 0 Å². The smallest absolute Gasteiger partial charge is 0.0499 e. The van der Waals surface area contributed by atoms with Crippen LogP contribution in [0, 0.1) is 10.8 Å². The highest BCUT2D eigenvalue weighted by atomic mass is 16.3. The normalized spacial score (nSPS) is 31.6. The van der Waals surface area contributed by atoms with E-state index in [-0.39, 0.29) is 5.41 Å². The summed E-state index contributed by atoms with van der Waals surface area (Å²) < 4.78 is 0. The Hall–Kier alpha value is -0.0800. The van der Waals surface area contributed by atoms with Crippen LogP contribution in [-0.2, 0) is 0 Å². The minimum atomic E-state index is 0.262. The van der Waals surface area contributed by atoms with Gasteiger partial charge < -0.3 is 10.0 Å². The van der Waals surface area contributed by atoms with Gasteiger partial charge in [0.25, 0.3) is 0 Å². The molecular weight excluding hydrogens is 210 g/mol. The molecule has 2 saturated carbocycles. The molecule has 0 radical (unpaired) electrons. The van der Waals surface area contributed by atoms with Gasteiger partial charge in [0.15, 0.2) is 0 Å². The van der Waals surface area contributed by atoms with Gasteiger partial charge in [0.2, 0.25) is 0 Å². The molecule has 98 valence electrons. The molecule has 17 heavy (non-hydrogen) atoms. The lowest BCUT2D eigenvalue weighted by Crippen LogP contribution is -2.58. The molecule has 1 aliphatic heterocycles. The summed E-state index contributed by atoms with van der Waals surface area (Å²) in [5.74, 6) is 0. The molecule has 0 aromatic carbocycles. The SMILES string of the molecule is OCC1(CN2CC3(CCCC3)C2)CCCCC1. The van der Waals surface area contributed by atoms with E-state index in [2.05, 4.69) is 4.90 Å². The second-order valence-electron chi connectivity index (χ2n) is 7.07. The first kappa shape index (κ1) is 12.0. The molecule has 1 saturated heterocycles. The van der Waals surface area contributed by atoms with E-state index in [9.17, 15) is 5.11 Å². The van der Waals surface area contributed by atoms with Gasteiger partial charge in [0.1, 0.15) is 0 Å². The molecule has 3 aliphatic rings. The number of nitrogens with zero attached hydrogens (tertiary/aromatic N) is 1. The van der Waals surface area contributed by atoms with Crippen molar-refractivity contribution in [1.82, 2.24) is 4.90 Å². The van der Waals surface area contributed by atoms with Crippen LogP contribution in [0.2, 0.25) is 0 Å². The minimum Gasteiger partial charge on any atom is -0.396 e. The van der Waals surface area contributed by atoms with Gasteiger partial charge in [-0.25, -0.2) is 0 Å². The summed E-state index contributed by atoms with van der Waals surface area (Å²) in [6.07, 6.45) is 12.4.